The van der Waals surface area contributed by atoms with Gasteiger partial charge in [-0.2, -0.15) is 17.5 Å². The van der Waals surface area contributed by atoms with Gasteiger partial charge >= 0.3 is 12.1 Å². The summed E-state index contributed by atoms with van der Waals surface area (Å²) in [5.74, 6) is -0.633. The largest absolute Gasteiger partial charge is 0.466 e. The fourth-order valence-electron chi connectivity index (χ4n) is 3.58. The maximum Gasteiger partial charge on any atom is 0.416 e. The third-order valence-corrected chi connectivity index (χ3v) is 7.01. The number of ether oxygens (including phenoxy) is 1. The third-order valence-electron chi connectivity index (χ3n) is 5.03. The number of hydrogen-bond acceptors (Lipinski definition) is 4. The Morgan fingerprint density at radius 3 is 2.38 bits per heavy atom. The molecule has 1 aromatic carbocycles. The zero-order chi connectivity index (χ0) is 21.7. The molecule has 0 saturated carbocycles. The number of nitrogens with zero attached hydrogens (tertiary/aromatic N) is 1. The van der Waals surface area contributed by atoms with Crippen LogP contribution >= 0.6 is 0 Å². The first-order valence-corrected chi connectivity index (χ1v) is 11.5. The number of carbonyl (C=O) groups excluding carboxylic acids is 1. The highest BCUT2D eigenvalue weighted by atomic mass is 32.2. The highest BCUT2D eigenvalue weighted by Gasteiger charge is 2.45. The number of hydrogen-bond donors (Lipinski definition) is 0. The molecule has 1 atom stereocenters. The summed E-state index contributed by atoms with van der Waals surface area (Å²) in [6.07, 6.45) is 0.736. The smallest absolute Gasteiger partial charge is 0.416 e. The van der Waals surface area contributed by atoms with Crippen LogP contribution in [0.2, 0.25) is 0 Å². The van der Waals surface area contributed by atoms with E-state index in [1.165, 1.54) is 0 Å². The first-order valence-electron chi connectivity index (χ1n) is 10.0. The highest BCUT2D eigenvalue weighted by Crippen LogP contribution is 2.44. The van der Waals surface area contributed by atoms with Gasteiger partial charge < -0.3 is 4.74 Å². The number of sulfonamides is 1. The minimum atomic E-state index is -4.60. The van der Waals surface area contributed by atoms with E-state index in [1.54, 1.807) is 6.92 Å². The molecule has 1 heterocycles. The Hall–Kier alpha value is -1.61. The molecule has 0 radical (unpaired) electrons. The number of alkyl halides is 3. The summed E-state index contributed by atoms with van der Waals surface area (Å²) < 4.78 is 71.4. The van der Waals surface area contributed by atoms with Crippen molar-refractivity contribution in [3.05, 3.63) is 29.3 Å². The quantitative estimate of drug-likeness (QED) is 0.380. The Labute approximate surface area is 170 Å². The molecular weight excluding hydrogens is 407 g/mol. The average Bonchev–Trinajstić information content (AvgIpc) is 2.84. The van der Waals surface area contributed by atoms with Crippen LogP contribution < -0.4 is 0 Å². The average molecular weight is 436 g/mol. The Morgan fingerprint density at radius 2 is 1.76 bits per heavy atom. The first kappa shape index (κ1) is 23.7. The standard InChI is InChI=1S/C20H28F3NO4S/c1-3-5-6-7-8-9-12-24-17(14-19(25)28-4-2)16-13-15(20(21,22)23)10-11-18(16)29(24,26)27/h10-11,13,17H,3-9,12,14H2,1-2H3/t17-/m0/s1. The molecule has 1 aromatic rings. The molecule has 0 bridgehead atoms. The van der Waals surface area contributed by atoms with Gasteiger partial charge in [-0.1, -0.05) is 39.0 Å². The van der Waals surface area contributed by atoms with Gasteiger partial charge in [0.15, 0.2) is 0 Å². The molecule has 0 fully saturated rings. The van der Waals surface area contributed by atoms with Crippen molar-refractivity contribution in [2.45, 2.75) is 75.9 Å². The van der Waals surface area contributed by atoms with Crippen molar-refractivity contribution in [3.8, 4) is 0 Å². The van der Waals surface area contributed by atoms with E-state index in [4.69, 9.17) is 4.74 Å². The summed E-state index contributed by atoms with van der Waals surface area (Å²) in [7, 11) is -3.96. The second-order valence-corrected chi connectivity index (χ2v) is 9.02. The summed E-state index contributed by atoms with van der Waals surface area (Å²) in [4.78, 5) is 11.9. The topological polar surface area (TPSA) is 63.7 Å². The second-order valence-electron chi connectivity index (χ2n) is 7.16. The maximum atomic E-state index is 13.2. The van der Waals surface area contributed by atoms with Crippen LogP contribution in [0.4, 0.5) is 13.2 Å². The van der Waals surface area contributed by atoms with Crippen LogP contribution in [0.1, 0.15) is 76.0 Å². The van der Waals surface area contributed by atoms with Crippen LogP contribution in [0, 0.1) is 0 Å². The van der Waals surface area contributed by atoms with Gasteiger partial charge in [0, 0.05) is 6.54 Å². The van der Waals surface area contributed by atoms with Crippen molar-refractivity contribution in [3.63, 3.8) is 0 Å². The minimum Gasteiger partial charge on any atom is -0.466 e. The van der Waals surface area contributed by atoms with Crippen LogP contribution in [-0.2, 0) is 25.7 Å². The van der Waals surface area contributed by atoms with E-state index in [9.17, 15) is 26.4 Å². The number of fused-ring (bicyclic) bond motifs is 1. The molecule has 5 nitrogen and oxygen atoms in total. The van der Waals surface area contributed by atoms with E-state index in [2.05, 4.69) is 6.92 Å². The zero-order valence-electron chi connectivity index (χ0n) is 16.8. The molecule has 9 heteroatoms. The SMILES string of the molecule is CCCCCCCCN1[C@@H](CC(=O)OCC)c2cc(C(F)(F)F)ccc2S1(=O)=O. The Kier molecular flexibility index (Phi) is 8.10. The summed E-state index contributed by atoms with van der Waals surface area (Å²) in [5, 5.41) is 0. The molecule has 0 amide bonds. The second kappa shape index (κ2) is 9.93. The van der Waals surface area contributed by atoms with Crippen molar-refractivity contribution in [1.82, 2.24) is 4.31 Å². The monoisotopic (exact) mass is 435 g/mol. The highest BCUT2D eigenvalue weighted by molar-refractivity contribution is 7.89. The summed E-state index contributed by atoms with van der Waals surface area (Å²) in [6.45, 7) is 4.00. The molecule has 2 rings (SSSR count). The molecule has 0 saturated heterocycles. The third kappa shape index (κ3) is 5.72. The van der Waals surface area contributed by atoms with Gasteiger partial charge in [0.05, 0.1) is 29.5 Å². The number of esters is 1. The van der Waals surface area contributed by atoms with E-state index >= 15 is 0 Å². The zero-order valence-corrected chi connectivity index (χ0v) is 17.6. The fourth-order valence-corrected chi connectivity index (χ4v) is 5.46. The predicted molar refractivity (Wildman–Crippen MR) is 103 cm³/mol. The maximum absolute atomic E-state index is 13.2. The van der Waals surface area contributed by atoms with Crippen molar-refractivity contribution in [1.29, 1.82) is 0 Å². The van der Waals surface area contributed by atoms with Crippen molar-refractivity contribution in [2.75, 3.05) is 13.2 Å². The predicted octanol–water partition coefficient (Wildman–Crippen LogP) is 5.06. The Bertz CT molecular complexity index is 808. The Morgan fingerprint density at radius 1 is 1.10 bits per heavy atom. The molecule has 0 aliphatic carbocycles. The normalized spacial score (nSPS) is 18.6. The molecule has 164 valence electrons. The van der Waals surface area contributed by atoms with E-state index in [0.717, 1.165) is 54.6 Å². The van der Waals surface area contributed by atoms with E-state index in [-0.39, 0.29) is 30.0 Å². The van der Waals surface area contributed by atoms with Crippen LogP contribution in [0.15, 0.2) is 23.1 Å². The van der Waals surface area contributed by atoms with E-state index in [1.807, 2.05) is 0 Å². The summed E-state index contributed by atoms with van der Waals surface area (Å²) in [5.41, 5.74) is -0.916. The van der Waals surface area contributed by atoms with E-state index < -0.39 is 33.8 Å². The van der Waals surface area contributed by atoms with Crippen molar-refractivity contribution in [2.24, 2.45) is 0 Å². The summed E-state index contributed by atoms with van der Waals surface area (Å²) in [6, 6.07) is 1.63. The number of halogens is 3. The van der Waals surface area contributed by atoms with Crippen LogP contribution in [0.3, 0.4) is 0 Å². The number of carbonyl (C=O) groups is 1. The fraction of sp³-hybridized carbons (Fsp3) is 0.650. The van der Waals surface area contributed by atoms with Crippen molar-refractivity contribution < 1.29 is 31.1 Å². The first-order chi connectivity index (χ1) is 13.6. The number of rotatable bonds is 10. The van der Waals surface area contributed by atoms with Gasteiger partial charge in [-0.15, -0.1) is 0 Å². The van der Waals surface area contributed by atoms with E-state index in [0.29, 0.717) is 6.42 Å². The molecular formula is C20H28F3NO4S. The summed E-state index contributed by atoms with van der Waals surface area (Å²) >= 11 is 0. The van der Waals surface area contributed by atoms with Gasteiger partial charge in [-0.3, -0.25) is 4.79 Å². The van der Waals surface area contributed by atoms with Crippen LogP contribution in [0.5, 0.6) is 0 Å². The molecule has 0 unspecified atom stereocenters. The van der Waals surface area contributed by atoms with Crippen molar-refractivity contribution >= 4 is 16.0 Å². The Balaban J connectivity index is 2.28. The molecule has 0 N–H and O–H groups in total. The molecule has 1 aliphatic rings. The van der Waals surface area contributed by atoms with Crippen LogP contribution in [0.25, 0.3) is 0 Å². The van der Waals surface area contributed by atoms with Gasteiger partial charge in [0.25, 0.3) is 0 Å². The van der Waals surface area contributed by atoms with Gasteiger partial charge in [0.1, 0.15) is 0 Å². The lowest BCUT2D eigenvalue weighted by Gasteiger charge is -2.23. The lowest BCUT2D eigenvalue weighted by Crippen LogP contribution is -2.31. The van der Waals surface area contributed by atoms with Crippen LogP contribution in [-0.4, -0.2) is 31.8 Å². The molecule has 0 spiro atoms. The molecule has 0 aromatic heterocycles. The lowest BCUT2D eigenvalue weighted by molar-refractivity contribution is -0.144. The van der Waals surface area contributed by atoms with Gasteiger partial charge in [-0.25, -0.2) is 8.42 Å². The van der Waals surface area contributed by atoms with Gasteiger partial charge in [-0.05, 0) is 37.1 Å². The molecule has 29 heavy (non-hydrogen) atoms. The number of benzene rings is 1. The number of unbranched alkanes of at least 4 members (excludes halogenated alkanes) is 5. The molecule has 1 aliphatic heterocycles. The minimum absolute atomic E-state index is 0.0128. The lowest BCUT2D eigenvalue weighted by atomic mass is 10.0. The van der Waals surface area contributed by atoms with Gasteiger partial charge in [0.2, 0.25) is 10.0 Å².